The first-order chi connectivity index (χ1) is 9.92. The van der Waals surface area contributed by atoms with Gasteiger partial charge in [-0.1, -0.05) is 6.07 Å². The smallest absolute Gasteiger partial charge is 0.373 e. The Balaban J connectivity index is 2.37. The Labute approximate surface area is 119 Å². The minimum absolute atomic E-state index is 0.0456. The second kappa shape index (κ2) is 5.71. The Hall–Kier alpha value is -2.75. The van der Waals surface area contributed by atoms with E-state index in [2.05, 4.69) is 15.6 Å². The predicted octanol–water partition coefficient (Wildman–Crippen LogP) is 3.76. The van der Waals surface area contributed by atoms with Gasteiger partial charge in [0, 0.05) is 12.7 Å². The third kappa shape index (κ3) is 3.63. The van der Waals surface area contributed by atoms with Gasteiger partial charge in [0.05, 0.1) is 17.2 Å². The third-order valence-corrected chi connectivity index (χ3v) is 2.67. The first-order valence-electron chi connectivity index (χ1n) is 5.96. The number of nitriles is 1. The molecule has 2 rings (SSSR count). The number of hydrogen-bond donors (Lipinski definition) is 2. The number of hydrogen-bond acceptors (Lipinski definition) is 4. The van der Waals surface area contributed by atoms with Crippen LogP contribution in [-0.4, -0.2) is 12.0 Å². The van der Waals surface area contributed by atoms with Crippen LogP contribution in [-0.2, 0) is 6.18 Å². The van der Waals surface area contributed by atoms with E-state index in [1.165, 1.54) is 13.1 Å². The average Bonchev–Trinajstić information content (AvgIpc) is 2.46. The average molecular weight is 292 g/mol. The van der Waals surface area contributed by atoms with Gasteiger partial charge in [-0.25, -0.2) is 4.98 Å². The fourth-order valence-corrected chi connectivity index (χ4v) is 1.70. The molecule has 108 valence electrons. The lowest BCUT2D eigenvalue weighted by atomic mass is 10.2. The molecule has 0 radical (unpaired) electrons. The normalized spacial score (nSPS) is 10.8. The molecule has 2 aromatic rings. The van der Waals surface area contributed by atoms with Crippen LogP contribution in [0, 0.1) is 11.3 Å². The van der Waals surface area contributed by atoms with Crippen molar-refractivity contribution >= 4 is 17.3 Å². The maximum atomic E-state index is 12.8. The third-order valence-electron chi connectivity index (χ3n) is 2.67. The van der Waals surface area contributed by atoms with Gasteiger partial charge in [-0.05, 0) is 30.3 Å². The molecule has 0 saturated carbocycles. The summed E-state index contributed by atoms with van der Waals surface area (Å²) in [7, 11) is 1.49. The standard InChI is InChI=1S/C14H11F3N4/c1-19-12-6-10(14(15,16)17)7-13(21-12)20-11-4-2-3-9(5-11)8-18/h2-7H,1H3,(H2,19,20,21). The highest BCUT2D eigenvalue weighted by Gasteiger charge is 2.31. The fourth-order valence-electron chi connectivity index (χ4n) is 1.70. The molecule has 0 amide bonds. The molecule has 1 aromatic carbocycles. The number of nitrogens with zero attached hydrogens (tertiary/aromatic N) is 2. The summed E-state index contributed by atoms with van der Waals surface area (Å²) in [6.07, 6.45) is -4.46. The van der Waals surface area contributed by atoms with Crippen LogP contribution in [0.4, 0.5) is 30.5 Å². The van der Waals surface area contributed by atoms with E-state index in [0.717, 1.165) is 12.1 Å². The van der Waals surface area contributed by atoms with Crippen molar-refractivity contribution < 1.29 is 13.2 Å². The van der Waals surface area contributed by atoms with Crippen molar-refractivity contribution in [3.05, 3.63) is 47.5 Å². The molecule has 0 aliphatic heterocycles. The van der Waals surface area contributed by atoms with Crippen LogP contribution in [0.15, 0.2) is 36.4 Å². The van der Waals surface area contributed by atoms with Crippen LogP contribution in [0.25, 0.3) is 0 Å². The van der Waals surface area contributed by atoms with Gasteiger partial charge >= 0.3 is 6.18 Å². The lowest BCUT2D eigenvalue weighted by Crippen LogP contribution is -2.08. The van der Waals surface area contributed by atoms with Crippen molar-refractivity contribution in [1.82, 2.24) is 4.98 Å². The molecule has 0 spiro atoms. The van der Waals surface area contributed by atoms with Crippen molar-refractivity contribution in [2.24, 2.45) is 0 Å². The number of benzene rings is 1. The van der Waals surface area contributed by atoms with E-state index in [0.29, 0.717) is 11.3 Å². The molecular formula is C14H11F3N4. The molecule has 0 aliphatic rings. The summed E-state index contributed by atoms with van der Waals surface area (Å²) in [5, 5.41) is 14.2. The van der Waals surface area contributed by atoms with Gasteiger partial charge in [-0.2, -0.15) is 18.4 Å². The summed E-state index contributed by atoms with van der Waals surface area (Å²) < 4.78 is 38.4. The molecule has 0 fully saturated rings. The lowest BCUT2D eigenvalue weighted by Gasteiger charge is -2.12. The Morgan fingerprint density at radius 2 is 1.86 bits per heavy atom. The maximum absolute atomic E-state index is 12.8. The topological polar surface area (TPSA) is 60.7 Å². The van der Waals surface area contributed by atoms with Crippen molar-refractivity contribution in [1.29, 1.82) is 5.26 Å². The second-order valence-corrected chi connectivity index (χ2v) is 4.19. The molecule has 1 aromatic heterocycles. The van der Waals surface area contributed by atoms with Gasteiger partial charge in [0.15, 0.2) is 0 Å². The molecule has 7 heteroatoms. The highest BCUT2D eigenvalue weighted by atomic mass is 19.4. The number of anilines is 3. The second-order valence-electron chi connectivity index (χ2n) is 4.19. The first-order valence-corrected chi connectivity index (χ1v) is 5.96. The van der Waals surface area contributed by atoms with Gasteiger partial charge in [-0.3, -0.25) is 0 Å². The molecule has 0 atom stereocenters. The zero-order valence-electron chi connectivity index (χ0n) is 11.0. The molecule has 1 heterocycles. The van der Waals surface area contributed by atoms with Crippen LogP contribution in [0.1, 0.15) is 11.1 Å². The van der Waals surface area contributed by atoms with Gasteiger partial charge in [0.25, 0.3) is 0 Å². The Kier molecular flexibility index (Phi) is 3.98. The summed E-state index contributed by atoms with van der Waals surface area (Å²) >= 11 is 0. The Morgan fingerprint density at radius 1 is 1.14 bits per heavy atom. The summed E-state index contributed by atoms with van der Waals surface area (Å²) in [4.78, 5) is 4.01. The Morgan fingerprint density at radius 3 is 2.48 bits per heavy atom. The van der Waals surface area contributed by atoms with Gasteiger partial charge < -0.3 is 10.6 Å². The van der Waals surface area contributed by atoms with E-state index in [1.807, 2.05) is 6.07 Å². The van der Waals surface area contributed by atoms with Crippen molar-refractivity contribution in [2.75, 3.05) is 17.7 Å². The summed E-state index contributed by atoms with van der Waals surface area (Å²) in [5.41, 5.74) is 0.0875. The molecule has 0 bridgehead atoms. The number of pyridine rings is 1. The molecule has 2 N–H and O–H groups in total. The van der Waals surface area contributed by atoms with Crippen LogP contribution in [0.3, 0.4) is 0 Å². The highest BCUT2D eigenvalue weighted by molar-refractivity contribution is 5.61. The number of rotatable bonds is 3. The lowest BCUT2D eigenvalue weighted by molar-refractivity contribution is -0.137. The van der Waals surface area contributed by atoms with Crippen molar-refractivity contribution in [3.63, 3.8) is 0 Å². The van der Waals surface area contributed by atoms with E-state index in [1.54, 1.807) is 18.2 Å². The van der Waals surface area contributed by atoms with E-state index >= 15 is 0 Å². The van der Waals surface area contributed by atoms with Crippen LogP contribution < -0.4 is 10.6 Å². The monoisotopic (exact) mass is 292 g/mol. The van der Waals surface area contributed by atoms with E-state index < -0.39 is 11.7 Å². The van der Waals surface area contributed by atoms with E-state index in [4.69, 9.17) is 5.26 Å². The van der Waals surface area contributed by atoms with Crippen LogP contribution in [0.2, 0.25) is 0 Å². The zero-order chi connectivity index (χ0) is 15.5. The fraction of sp³-hybridized carbons (Fsp3) is 0.143. The highest BCUT2D eigenvalue weighted by Crippen LogP contribution is 2.32. The molecule has 0 saturated heterocycles. The molecule has 0 unspecified atom stereocenters. The number of nitrogens with one attached hydrogen (secondary N) is 2. The molecule has 0 aliphatic carbocycles. The molecule has 4 nitrogen and oxygen atoms in total. The summed E-state index contributed by atoms with van der Waals surface area (Å²) in [6, 6.07) is 10.2. The molecule has 21 heavy (non-hydrogen) atoms. The van der Waals surface area contributed by atoms with Gasteiger partial charge in [-0.15, -0.1) is 0 Å². The number of halogens is 3. The Bertz CT molecular complexity index is 689. The maximum Gasteiger partial charge on any atom is 0.416 e. The van der Waals surface area contributed by atoms with Crippen molar-refractivity contribution in [2.45, 2.75) is 6.18 Å². The molecular weight excluding hydrogens is 281 g/mol. The predicted molar refractivity (Wildman–Crippen MR) is 73.2 cm³/mol. The zero-order valence-corrected chi connectivity index (χ0v) is 11.0. The summed E-state index contributed by atoms with van der Waals surface area (Å²) in [6.45, 7) is 0. The largest absolute Gasteiger partial charge is 0.416 e. The van der Waals surface area contributed by atoms with Crippen molar-refractivity contribution in [3.8, 4) is 6.07 Å². The van der Waals surface area contributed by atoms with Gasteiger partial charge in [0.1, 0.15) is 11.6 Å². The van der Waals surface area contributed by atoms with Crippen LogP contribution >= 0.6 is 0 Å². The SMILES string of the molecule is CNc1cc(C(F)(F)F)cc(Nc2cccc(C#N)c2)n1. The van der Waals surface area contributed by atoms with E-state index in [-0.39, 0.29) is 11.6 Å². The summed E-state index contributed by atoms with van der Waals surface area (Å²) in [5.74, 6) is 0.146. The minimum atomic E-state index is -4.46. The van der Waals surface area contributed by atoms with E-state index in [9.17, 15) is 13.2 Å². The quantitative estimate of drug-likeness (QED) is 0.904. The number of aromatic nitrogens is 1. The minimum Gasteiger partial charge on any atom is -0.373 e. The first kappa shape index (κ1) is 14.7. The van der Waals surface area contributed by atoms with Gasteiger partial charge in [0.2, 0.25) is 0 Å². The number of alkyl halides is 3. The van der Waals surface area contributed by atoms with Crippen LogP contribution in [0.5, 0.6) is 0 Å².